The Bertz CT molecular complexity index is 542. The Hall–Kier alpha value is -2.64. The van der Waals surface area contributed by atoms with Crippen molar-refractivity contribution in [3.05, 3.63) is 24.0 Å². The zero-order chi connectivity index (χ0) is 14.5. The summed E-state index contributed by atoms with van der Waals surface area (Å²) >= 11 is 0. The van der Waals surface area contributed by atoms with Crippen molar-refractivity contribution in [2.45, 2.75) is 18.9 Å². The van der Waals surface area contributed by atoms with Gasteiger partial charge in [-0.2, -0.15) is 0 Å². The first-order valence-corrected chi connectivity index (χ1v) is 5.97. The average molecular weight is 279 g/mol. The van der Waals surface area contributed by atoms with Crippen LogP contribution < -0.4 is 15.4 Å². The van der Waals surface area contributed by atoms with Crippen molar-refractivity contribution in [1.82, 2.24) is 15.6 Å². The van der Waals surface area contributed by atoms with Gasteiger partial charge in [0.2, 0.25) is 0 Å². The molecule has 1 aliphatic rings. The molecule has 0 saturated heterocycles. The number of hydrogen-bond acceptors (Lipinski definition) is 5. The van der Waals surface area contributed by atoms with Crippen LogP contribution in [-0.4, -0.2) is 40.6 Å². The molecule has 1 aliphatic carbocycles. The molecule has 8 heteroatoms. The molecule has 3 amide bonds. The van der Waals surface area contributed by atoms with Crippen LogP contribution in [0.3, 0.4) is 0 Å². The molecule has 1 aromatic rings. The van der Waals surface area contributed by atoms with Gasteiger partial charge in [0.1, 0.15) is 0 Å². The Morgan fingerprint density at radius 1 is 1.40 bits per heavy atom. The first-order valence-electron chi connectivity index (χ1n) is 5.97. The lowest BCUT2D eigenvalue weighted by Gasteiger charge is -2.08. The van der Waals surface area contributed by atoms with Crippen molar-refractivity contribution in [3.63, 3.8) is 0 Å². The minimum atomic E-state index is -1.26. The SMILES string of the molecule is O=C(COc1cccnc1C(=O)O)NC(=O)NC1CC1. The molecule has 0 bridgehead atoms. The van der Waals surface area contributed by atoms with Crippen LogP contribution in [0, 0.1) is 0 Å². The largest absolute Gasteiger partial charge is 0.481 e. The number of carboxylic acid groups (broad SMARTS) is 1. The third kappa shape index (κ3) is 3.94. The van der Waals surface area contributed by atoms with E-state index in [4.69, 9.17) is 9.84 Å². The van der Waals surface area contributed by atoms with Gasteiger partial charge >= 0.3 is 12.0 Å². The van der Waals surface area contributed by atoms with E-state index < -0.39 is 24.5 Å². The van der Waals surface area contributed by atoms with Gasteiger partial charge in [0.25, 0.3) is 5.91 Å². The van der Waals surface area contributed by atoms with E-state index in [0.717, 1.165) is 12.8 Å². The molecule has 0 aliphatic heterocycles. The first-order chi connectivity index (χ1) is 9.56. The number of nitrogens with zero attached hydrogens (tertiary/aromatic N) is 1. The number of carbonyl (C=O) groups excluding carboxylic acids is 2. The van der Waals surface area contributed by atoms with Gasteiger partial charge in [0.15, 0.2) is 18.1 Å². The fraction of sp³-hybridized carbons (Fsp3) is 0.333. The van der Waals surface area contributed by atoms with Crippen LogP contribution >= 0.6 is 0 Å². The summed E-state index contributed by atoms with van der Waals surface area (Å²) in [7, 11) is 0. The maximum Gasteiger partial charge on any atom is 0.358 e. The number of nitrogens with one attached hydrogen (secondary N) is 2. The molecule has 1 aromatic heterocycles. The first kappa shape index (κ1) is 13.8. The van der Waals surface area contributed by atoms with Gasteiger partial charge in [-0.1, -0.05) is 0 Å². The summed E-state index contributed by atoms with van der Waals surface area (Å²) in [5.41, 5.74) is -0.289. The molecular formula is C12H13N3O5. The van der Waals surface area contributed by atoms with Crippen LogP contribution in [0.4, 0.5) is 4.79 Å². The van der Waals surface area contributed by atoms with Gasteiger partial charge in [-0.15, -0.1) is 0 Å². The molecule has 0 aromatic carbocycles. The summed E-state index contributed by atoms with van der Waals surface area (Å²) in [4.78, 5) is 37.2. The number of aromatic nitrogens is 1. The van der Waals surface area contributed by atoms with E-state index in [2.05, 4.69) is 15.6 Å². The number of ether oxygens (including phenoxy) is 1. The highest BCUT2D eigenvalue weighted by atomic mass is 16.5. The molecule has 0 spiro atoms. The van der Waals surface area contributed by atoms with E-state index >= 15 is 0 Å². The van der Waals surface area contributed by atoms with E-state index in [9.17, 15) is 14.4 Å². The second kappa shape index (κ2) is 6.00. The minimum Gasteiger partial charge on any atom is -0.481 e. The Morgan fingerprint density at radius 3 is 2.80 bits per heavy atom. The lowest BCUT2D eigenvalue weighted by atomic mass is 10.3. The standard InChI is InChI=1S/C12H13N3O5/c16-9(15-12(19)14-7-3-4-7)6-20-8-2-1-5-13-10(8)11(17)18/h1-2,5,7H,3-4,6H2,(H,17,18)(H2,14,15,16,19). The Labute approximate surface area is 114 Å². The zero-order valence-corrected chi connectivity index (χ0v) is 10.5. The number of urea groups is 1. The van der Waals surface area contributed by atoms with Gasteiger partial charge < -0.3 is 15.2 Å². The van der Waals surface area contributed by atoms with Crippen molar-refractivity contribution in [2.24, 2.45) is 0 Å². The number of hydrogen-bond donors (Lipinski definition) is 3. The number of aromatic carboxylic acids is 1. The monoisotopic (exact) mass is 279 g/mol. The van der Waals surface area contributed by atoms with E-state index in [1.165, 1.54) is 18.3 Å². The van der Waals surface area contributed by atoms with Gasteiger partial charge in [0.05, 0.1) is 0 Å². The Morgan fingerprint density at radius 2 is 2.15 bits per heavy atom. The van der Waals surface area contributed by atoms with Crippen LogP contribution in [0.25, 0.3) is 0 Å². The molecule has 0 unspecified atom stereocenters. The van der Waals surface area contributed by atoms with E-state index in [1.54, 1.807) is 0 Å². The third-order valence-corrected chi connectivity index (χ3v) is 2.50. The van der Waals surface area contributed by atoms with Crippen LogP contribution in [0.15, 0.2) is 18.3 Å². The smallest absolute Gasteiger partial charge is 0.358 e. The van der Waals surface area contributed by atoms with Gasteiger partial charge in [-0.3, -0.25) is 10.1 Å². The maximum atomic E-state index is 11.4. The minimum absolute atomic E-state index is 0.0299. The second-order valence-corrected chi connectivity index (χ2v) is 4.24. The fourth-order valence-electron chi connectivity index (χ4n) is 1.42. The molecule has 2 rings (SSSR count). The molecule has 1 saturated carbocycles. The number of rotatable bonds is 5. The Balaban J connectivity index is 1.83. The predicted octanol–water partition coefficient (Wildman–Crippen LogP) is 0.147. The molecule has 106 valence electrons. The lowest BCUT2D eigenvalue weighted by Crippen LogP contribution is -2.42. The number of imide groups is 1. The summed E-state index contributed by atoms with van der Waals surface area (Å²) in [5, 5.41) is 13.5. The fourth-order valence-corrected chi connectivity index (χ4v) is 1.42. The van der Waals surface area contributed by atoms with Gasteiger partial charge in [-0.05, 0) is 25.0 Å². The number of pyridine rings is 1. The molecule has 1 heterocycles. The summed E-state index contributed by atoms with van der Waals surface area (Å²) in [6, 6.07) is 2.43. The van der Waals surface area contributed by atoms with Crippen LogP contribution in [-0.2, 0) is 4.79 Å². The zero-order valence-electron chi connectivity index (χ0n) is 10.5. The summed E-state index contributed by atoms with van der Waals surface area (Å²) in [5.74, 6) is -1.95. The topological polar surface area (TPSA) is 118 Å². The molecule has 3 N–H and O–H groups in total. The average Bonchev–Trinajstić information content (AvgIpc) is 3.20. The Kier molecular flexibility index (Phi) is 4.14. The van der Waals surface area contributed by atoms with Gasteiger partial charge in [0, 0.05) is 12.2 Å². The number of carbonyl (C=O) groups is 3. The summed E-state index contributed by atoms with van der Waals surface area (Å²) in [6.07, 6.45) is 3.13. The van der Waals surface area contributed by atoms with E-state index in [0.29, 0.717) is 0 Å². The molecule has 1 fully saturated rings. The van der Waals surface area contributed by atoms with E-state index in [-0.39, 0.29) is 17.5 Å². The number of carboxylic acids is 1. The highest BCUT2D eigenvalue weighted by molar-refractivity contribution is 5.95. The van der Waals surface area contributed by atoms with Crippen molar-refractivity contribution in [1.29, 1.82) is 0 Å². The molecule has 20 heavy (non-hydrogen) atoms. The highest BCUT2D eigenvalue weighted by Gasteiger charge is 2.24. The number of amides is 3. The third-order valence-electron chi connectivity index (χ3n) is 2.50. The second-order valence-electron chi connectivity index (χ2n) is 4.24. The molecule has 0 radical (unpaired) electrons. The van der Waals surface area contributed by atoms with Crippen molar-refractivity contribution < 1.29 is 24.2 Å². The maximum absolute atomic E-state index is 11.4. The van der Waals surface area contributed by atoms with Crippen LogP contribution in [0.2, 0.25) is 0 Å². The van der Waals surface area contributed by atoms with E-state index in [1.807, 2.05) is 0 Å². The highest BCUT2D eigenvalue weighted by Crippen LogP contribution is 2.18. The normalized spacial score (nSPS) is 13.4. The quantitative estimate of drug-likeness (QED) is 0.706. The van der Waals surface area contributed by atoms with Crippen molar-refractivity contribution >= 4 is 17.9 Å². The van der Waals surface area contributed by atoms with Crippen molar-refractivity contribution in [3.8, 4) is 5.75 Å². The lowest BCUT2D eigenvalue weighted by molar-refractivity contribution is -0.122. The molecule has 0 atom stereocenters. The molecule has 8 nitrogen and oxygen atoms in total. The molecular weight excluding hydrogens is 266 g/mol. The van der Waals surface area contributed by atoms with Crippen molar-refractivity contribution in [2.75, 3.05) is 6.61 Å². The predicted molar refractivity (Wildman–Crippen MR) is 66.4 cm³/mol. The van der Waals surface area contributed by atoms with Gasteiger partial charge in [-0.25, -0.2) is 14.6 Å². The summed E-state index contributed by atoms with van der Waals surface area (Å²) in [6.45, 7) is -0.468. The van der Waals surface area contributed by atoms with Crippen LogP contribution in [0.5, 0.6) is 5.75 Å². The summed E-state index contributed by atoms with van der Waals surface area (Å²) < 4.78 is 5.05. The van der Waals surface area contributed by atoms with Crippen LogP contribution in [0.1, 0.15) is 23.3 Å².